The van der Waals surface area contributed by atoms with Crippen LogP contribution in [0.15, 0.2) is 22.8 Å². The van der Waals surface area contributed by atoms with Crippen LogP contribution in [-0.4, -0.2) is 60.7 Å². The Labute approximate surface area is 244 Å². The van der Waals surface area contributed by atoms with Gasteiger partial charge in [-0.1, -0.05) is 27.7 Å². The zero-order chi connectivity index (χ0) is 31.0. The van der Waals surface area contributed by atoms with Crippen LogP contribution in [-0.2, 0) is 47.7 Å². The highest BCUT2D eigenvalue weighted by atomic mass is 16.6. The lowest BCUT2D eigenvalue weighted by Gasteiger charge is -2.61. The van der Waals surface area contributed by atoms with Crippen molar-refractivity contribution < 1.29 is 52.1 Å². The number of ether oxygens (including phenoxy) is 5. The molecule has 0 N–H and O–H groups in total. The Balaban J connectivity index is 1.82. The number of furan rings is 1. The lowest BCUT2D eigenvalue weighted by molar-refractivity contribution is -0.287. The van der Waals surface area contributed by atoms with E-state index in [2.05, 4.69) is 0 Å². The normalized spacial score (nSPS) is 42.0. The Morgan fingerprint density at radius 1 is 1.05 bits per heavy atom. The third kappa shape index (κ3) is 3.98. The van der Waals surface area contributed by atoms with Crippen molar-refractivity contribution >= 4 is 29.7 Å². The quantitative estimate of drug-likeness (QED) is 0.366. The molecule has 5 fully saturated rings. The van der Waals surface area contributed by atoms with Gasteiger partial charge in [0.2, 0.25) is 0 Å². The summed E-state index contributed by atoms with van der Waals surface area (Å²) in [5.74, 6) is -4.51. The Morgan fingerprint density at radius 2 is 1.71 bits per heavy atom. The van der Waals surface area contributed by atoms with Crippen molar-refractivity contribution in [3.63, 3.8) is 0 Å². The second-order valence-corrected chi connectivity index (χ2v) is 13.3. The molecule has 0 unspecified atom stereocenters. The van der Waals surface area contributed by atoms with E-state index in [-0.39, 0.29) is 25.0 Å². The average Bonchev–Trinajstić information content (AvgIpc) is 3.40. The first-order valence-corrected chi connectivity index (χ1v) is 14.4. The number of Topliss-reactive ketones (excluding diaryl/α,β-unsaturated/α-hetero) is 1. The minimum atomic E-state index is -1.48. The summed E-state index contributed by atoms with van der Waals surface area (Å²) in [6, 6.07) is 3.34. The van der Waals surface area contributed by atoms with E-state index in [0.717, 1.165) is 0 Å². The molecule has 2 bridgehead atoms. The van der Waals surface area contributed by atoms with Gasteiger partial charge in [-0.15, -0.1) is 0 Å². The van der Waals surface area contributed by atoms with Gasteiger partial charge in [-0.25, -0.2) is 0 Å². The van der Waals surface area contributed by atoms with Crippen LogP contribution in [0.4, 0.5) is 0 Å². The first-order valence-electron chi connectivity index (χ1n) is 14.4. The highest BCUT2D eigenvalue weighted by Crippen LogP contribution is 2.71. The Bertz CT molecular complexity index is 1300. The molecule has 2 saturated carbocycles. The standard InChI is InChI=1S/C31H40O11/c1-15-25(36)24-27(40-17(3)33)30(7)26(18-10-9-11-38-18)41-23(35)14-31(15,30)42-21-13-20(39-16(2)32)28(4,5)19(29(21,24)6)12-22(34)37-8/h9-11,15,19-21,24,26-27H,12-14H2,1-8H3/t15-,19+,20-,21+,24+,26+,27+,29-,30-,31+/m1/s1. The molecule has 2 aliphatic carbocycles. The van der Waals surface area contributed by atoms with Gasteiger partial charge in [-0.2, -0.15) is 0 Å². The minimum Gasteiger partial charge on any atom is -0.469 e. The molecule has 0 amide bonds. The molecule has 5 aliphatic rings. The molecule has 10 atom stereocenters. The third-order valence-electron chi connectivity index (χ3n) is 11.1. The average molecular weight is 589 g/mol. The number of carbonyl (C=O) groups excluding carboxylic acids is 5. The largest absolute Gasteiger partial charge is 0.469 e. The predicted octanol–water partition coefficient (Wildman–Crippen LogP) is 3.73. The molecule has 230 valence electrons. The van der Waals surface area contributed by atoms with Crippen LogP contribution >= 0.6 is 0 Å². The number of hydrogen-bond acceptors (Lipinski definition) is 11. The summed E-state index contributed by atoms with van der Waals surface area (Å²) in [5.41, 5.74) is -4.72. The maximum Gasteiger partial charge on any atom is 0.309 e. The molecular weight excluding hydrogens is 548 g/mol. The summed E-state index contributed by atoms with van der Waals surface area (Å²) < 4.78 is 35.9. The number of ketones is 1. The van der Waals surface area contributed by atoms with E-state index in [0.29, 0.717) is 5.76 Å². The fraction of sp³-hybridized carbons (Fsp3) is 0.710. The van der Waals surface area contributed by atoms with Crippen LogP contribution in [0.25, 0.3) is 0 Å². The number of rotatable bonds is 5. The number of esters is 4. The summed E-state index contributed by atoms with van der Waals surface area (Å²) in [5, 5.41) is 0. The molecule has 3 saturated heterocycles. The smallest absolute Gasteiger partial charge is 0.309 e. The Kier molecular flexibility index (Phi) is 7.15. The lowest BCUT2D eigenvalue weighted by atomic mass is 9.43. The summed E-state index contributed by atoms with van der Waals surface area (Å²) in [6.07, 6.45) is -2.34. The molecular formula is C31H40O11. The lowest BCUT2D eigenvalue weighted by Crippen LogP contribution is -2.72. The maximum atomic E-state index is 14.7. The number of hydrogen-bond donors (Lipinski definition) is 0. The summed E-state index contributed by atoms with van der Waals surface area (Å²) >= 11 is 0. The zero-order valence-electron chi connectivity index (χ0n) is 25.4. The van der Waals surface area contributed by atoms with Crippen molar-refractivity contribution in [1.29, 1.82) is 0 Å². The molecule has 1 aromatic heterocycles. The molecule has 1 aromatic rings. The van der Waals surface area contributed by atoms with Gasteiger partial charge in [0.1, 0.15) is 29.4 Å². The molecule has 4 heterocycles. The van der Waals surface area contributed by atoms with Crippen molar-refractivity contribution in [3.8, 4) is 0 Å². The van der Waals surface area contributed by atoms with Gasteiger partial charge in [0, 0.05) is 43.4 Å². The van der Waals surface area contributed by atoms with Crippen molar-refractivity contribution in [2.24, 2.45) is 34.0 Å². The second-order valence-electron chi connectivity index (χ2n) is 13.3. The van der Waals surface area contributed by atoms with Gasteiger partial charge in [0.05, 0.1) is 37.2 Å². The van der Waals surface area contributed by atoms with Crippen LogP contribution in [0.3, 0.4) is 0 Å². The fourth-order valence-electron chi connectivity index (χ4n) is 8.97. The van der Waals surface area contributed by atoms with Gasteiger partial charge in [0.25, 0.3) is 0 Å². The van der Waals surface area contributed by atoms with Gasteiger partial charge in [0.15, 0.2) is 6.10 Å². The topological polar surface area (TPSA) is 145 Å². The van der Waals surface area contributed by atoms with E-state index in [1.807, 2.05) is 27.7 Å². The Morgan fingerprint density at radius 3 is 2.29 bits per heavy atom. The van der Waals surface area contributed by atoms with Crippen LogP contribution in [0, 0.1) is 34.0 Å². The van der Waals surface area contributed by atoms with Gasteiger partial charge >= 0.3 is 23.9 Å². The van der Waals surface area contributed by atoms with E-state index < -0.39 is 87.9 Å². The van der Waals surface area contributed by atoms with Crippen LogP contribution in [0.2, 0.25) is 0 Å². The summed E-state index contributed by atoms with van der Waals surface area (Å²) in [7, 11) is 1.29. The van der Waals surface area contributed by atoms with Gasteiger partial charge in [-0.3, -0.25) is 24.0 Å². The maximum absolute atomic E-state index is 14.7. The van der Waals surface area contributed by atoms with Crippen molar-refractivity contribution in [1.82, 2.24) is 0 Å². The zero-order valence-corrected chi connectivity index (χ0v) is 25.4. The number of cyclic esters (lactones) is 1. The van der Waals surface area contributed by atoms with E-state index >= 15 is 0 Å². The minimum absolute atomic E-state index is 0.108. The SMILES string of the molecule is COC(=O)C[C@H]1C(C)(C)[C@H](OC(C)=O)C[C@@H]2O[C@]34CC(=O)O[C@@H](c5ccco5)[C@]3(C)[C@@H](OC(C)=O)[C@H](C(=O)[C@H]4C)[C@@]21C. The highest BCUT2D eigenvalue weighted by Gasteiger charge is 2.81. The fourth-order valence-corrected chi connectivity index (χ4v) is 8.97. The Hall–Kier alpha value is -3.21. The van der Waals surface area contributed by atoms with E-state index in [4.69, 9.17) is 28.1 Å². The predicted molar refractivity (Wildman–Crippen MR) is 143 cm³/mol. The molecule has 42 heavy (non-hydrogen) atoms. The van der Waals surface area contributed by atoms with E-state index in [9.17, 15) is 24.0 Å². The molecule has 6 rings (SSSR count). The number of carbonyl (C=O) groups is 5. The molecule has 11 heteroatoms. The summed E-state index contributed by atoms with van der Waals surface area (Å²) in [6.45, 7) is 11.8. The monoisotopic (exact) mass is 588 g/mol. The second kappa shape index (κ2) is 9.92. The van der Waals surface area contributed by atoms with Crippen LogP contribution in [0.1, 0.15) is 79.6 Å². The molecule has 1 spiro atoms. The molecule has 0 radical (unpaired) electrons. The van der Waals surface area contributed by atoms with Gasteiger partial charge < -0.3 is 28.1 Å². The highest BCUT2D eigenvalue weighted by molar-refractivity contribution is 5.90. The first kappa shape index (κ1) is 30.3. The van der Waals surface area contributed by atoms with Crippen LogP contribution in [0.5, 0.6) is 0 Å². The summed E-state index contributed by atoms with van der Waals surface area (Å²) in [4.78, 5) is 66.0. The third-order valence-corrected chi connectivity index (χ3v) is 11.1. The van der Waals surface area contributed by atoms with Crippen molar-refractivity contribution in [3.05, 3.63) is 24.2 Å². The molecule has 11 nitrogen and oxygen atoms in total. The van der Waals surface area contributed by atoms with Crippen LogP contribution < -0.4 is 0 Å². The van der Waals surface area contributed by atoms with Gasteiger partial charge in [-0.05, 0) is 25.0 Å². The molecule has 3 aliphatic heterocycles. The first-order chi connectivity index (χ1) is 19.5. The molecule has 0 aromatic carbocycles. The van der Waals surface area contributed by atoms with E-state index in [1.54, 1.807) is 19.1 Å². The van der Waals surface area contributed by atoms with E-state index in [1.165, 1.54) is 27.2 Å². The number of fused-ring (bicyclic) bond motifs is 1. The van der Waals surface area contributed by atoms with Crippen molar-refractivity contribution in [2.75, 3.05) is 7.11 Å². The van der Waals surface area contributed by atoms with Crippen molar-refractivity contribution in [2.45, 2.75) is 97.7 Å². The number of methoxy groups -OCH3 is 1.